The maximum Gasteiger partial charge on any atom is 0.315 e. The Kier molecular flexibility index (Phi) is 5.43. The highest BCUT2D eigenvalue weighted by atomic mass is 16.4. The summed E-state index contributed by atoms with van der Waals surface area (Å²) < 4.78 is 0. The van der Waals surface area contributed by atoms with Crippen LogP contribution in [0.5, 0.6) is 0 Å². The Morgan fingerprint density at radius 3 is 1.61 bits per heavy atom. The first-order valence-corrected chi connectivity index (χ1v) is 11.4. The largest absolute Gasteiger partial charge is 0.481 e. The molecule has 2 heteroatoms. The first kappa shape index (κ1) is 21.0. The number of rotatable bonds is 6. The summed E-state index contributed by atoms with van der Waals surface area (Å²) in [7, 11) is 0. The number of aliphatic carboxylic acids is 1. The maximum atomic E-state index is 13.3. The summed E-state index contributed by atoms with van der Waals surface area (Å²) in [5.41, 5.74) is 1.77. The highest BCUT2D eigenvalue weighted by molar-refractivity contribution is 5.94. The Labute approximate surface area is 194 Å². The van der Waals surface area contributed by atoms with Gasteiger partial charge in [-0.25, -0.2) is 0 Å². The Balaban J connectivity index is 1.93. The third kappa shape index (κ3) is 3.39. The maximum absolute atomic E-state index is 13.3. The molecule has 0 unspecified atom stereocenters. The van der Waals surface area contributed by atoms with Gasteiger partial charge in [-0.2, -0.15) is 0 Å². The number of hydrogen-bond donors (Lipinski definition) is 1. The fraction of sp³-hybridized carbons (Fsp3) is 0.129. The Bertz CT molecular complexity index is 1350. The van der Waals surface area contributed by atoms with Gasteiger partial charge in [-0.05, 0) is 44.7 Å². The molecule has 0 aromatic heterocycles. The molecule has 0 saturated heterocycles. The lowest BCUT2D eigenvalue weighted by Crippen LogP contribution is -2.42. The summed E-state index contributed by atoms with van der Waals surface area (Å²) in [6.45, 7) is 1.99. The molecule has 1 atom stereocenters. The van der Waals surface area contributed by atoms with Crippen molar-refractivity contribution in [3.05, 3.63) is 132 Å². The molecule has 0 radical (unpaired) electrons. The highest BCUT2D eigenvalue weighted by Gasteiger charge is 2.48. The second-order valence-electron chi connectivity index (χ2n) is 8.57. The summed E-state index contributed by atoms with van der Waals surface area (Å²) in [5.74, 6) is -1.18. The van der Waals surface area contributed by atoms with Gasteiger partial charge in [0.2, 0.25) is 0 Å². The van der Waals surface area contributed by atoms with Crippen LogP contribution in [-0.2, 0) is 10.2 Å². The van der Waals surface area contributed by atoms with Crippen molar-refractivity contribution in [3.8, 4) is 0 Å². The van der Waals surface area contributed by atoms with E-state index in [-0.39, 0.29) is 5.92 Å². The standard InChI is InChI=1S/C31H26O2/c1-2-31(30(32)33,24-16-4-3-5-17-24)29(27-20-10-14-22-12-6-8-18-25(22)27)28-21-11-15-23-13-7-9-19-26(23)28/h3-21,29H,2H2,1H3,(H,32,33)/t31-/m1/s1. The summed E-state index contributed by atoms with van der Waals surface area (Å²) in [4.78, 5) is 13.3. The first-order chi connectivity index (χ1) is 16.2. The molecule has 2 nitrogen and oxygen atoms in total. The molecule has 0 saturated carbocycles. The second-order valence-corrected chi connectivity index (χ2v) is 8.57. The predicted molar refractivity (Wildman–Crippen MR) is 136 cm³/mol. The summed E-state index contributed by atoms with van der Waals surface area (Å²) in [6.07, 6.45) is 0.462. The minimum absolute atomic E-state index is 0.375. The van der Waals surface area contributed by atoms with Crippen molar-refractivity contribution in [2.24, 2.45) is 0 Å². The van der Waals surface area contributed by atoms with E-state index in [0.717, 1.165) is 38.2 Å². The highest BCUT2D eigenvalue weighted by Crippen LogP contribution is 2.49. The van der Waals surface area contributed by atoms with E-state index in [1.807, 2.05) is 73.7 Å². The number of carbonyl (C=O) groups is 1. The van der Waals surface area contributed by atoms with Crippen LogP contribution < -0.4 is 0 Å². The fourth-order valence-corrected chi connectivity index (χ4v) is 5.41. The molecular formula is C31H26O2. The van der Waals surface area contributed by atoms with Crippen LogP contribution in [0.15, 0.2) is 115 Å². The molecule has 0 spiro atoms. The van der Waals surface area contributed by atoms with Crippen LogP contribution in [0.25, 0.3) is 21.5 Å². The van der Waals surface area contributed by atoms with Gasteiger partial charge in [-0.1, -0.05) is 122 Å². The van der Waals surface area contributed by atoms with Crippen LogP contribution in [-0.4, -0.2) is 11.1 Å². The molecule has 0 heterocycles. The van der Waals surface area contributed by atoms with Crippen LogP contribution in [0.2, 0.25) is 0 Å². The molecule has 0 aliphatic heterocycles. The van der Waals surface area contributed by atoms with Gasteiger partial charge in [0.25, 0.3) is 0 Å². The van der Waals surface area contributed by atoms with Gasteiger partial charge in [-0.3, -0.25) is 4.79 Å². The van der Waals surface area contributed by atoms with E-state index < -0.39 is 11.4 Å². The molecule has 162 valence electrons. The predicted octanol–water partition coefficient (Wildman–Crippen LogP) is 7.56. The number of carboxylic acids is 1. The van der Waals surface area contributed by atoms with Crippen LogP contribution in [0.3, 0.4) is 0 Å². The monoisotopic (exact) mass is 430 g/mol. The normalized spacial score (nSPS) is 13.3. The molecule has 5 aromatic carbocycles. The van der Waals surface area contributed by atoms with Gasteiger partial charge >= 0.3 is 5.97 Å². The van der Waals surface area contributed by atoms with Gasteiger partial charge < -0.3 is 5.11 Å². The minimum atomic E-state index is -1.13. The van der Waals surface area contributed by atoms with Crippen LogP contribution >= 0.6 is 0 Å². The molecule has 0 amide bonds. The average Bonchev–Trinajstić information content (AvgIpc) is 2.87. The molecule has 5 aromatic rings. The quantitative estimate of drug-likeness (QED) is 0.302. The van der Waals surface area contributed by atoms with Gasteiger partial charge in [0.15, 0.2) is 0 Å². The van der Waals surface area contributed by atoms with Crippen LogP contribution in [0.1, 0.15) is 36.0 Å². The number of hydrogen-bond acceptors (Lipinski definition) is 1. The molecule has 5 rings (SSSR count). The zero-order valence-corrected chi connectivity index (χ0v) is 18.6. The zero-order chi connectivity index (χ0) is 22.8. The Morgan fingerprint density at radius 1 is 0.667 bits per heavy atom. The topological polar surface area (TPSA) is 37.3 Å². The summed E-state index contributed by atoms with van der Waals surface area (Å²) in [5, 5.41) is 15.3. The van der Waals surface area contributed by atoms with Crippen molar-refractivity contribution in [3.63, 3.8) is 0 Å². The third-order valence-electron chi connectivity index (χ3n) is 6.99. The van der Waals surface area contributed by atoms with Crippen molar-refractivity contribution in [1.29, 1.82) is 0 Å². The lowest BCUT2D eigenvalue weighted by atomic mass is 9.62. The van der Waals surface area contributed by atoms with Crippen molar-refractivity contribution >= 4 is 27.5 Å². The number of benzene rings is 5. The first-order valence-electron chi connectivity index (χ1n) is 11.4. The van der Waals surface area contributed by atoms with Gasteiger partial charge in [0.05, 0.1) is 0 Å². The molecule has 0 fully saturated rings. The molecule has 33 heavy (non-hydrogen) atoms. The van der Waals surface area contributed by atoms with E-state index in [9.17, 15) is 9.90 Å². The van der Waals surface area contributed by atoms with E-state index in [4.69, 9.17) is 0 Å². The third-order valence-corrected chi connectivity index (χ3v) is 6.99. The lowest BCUT2D eigenvalue weighted by Gasteiger charge is -2.39. The molecule has 0 aliphatic rings. The van der Waals surface area contributed by atoms with Gasteiger partial charge in [0, 0.05) is 5.92 Å². The number of fused-ring (bicyclic) bond motifs is 2. The SMILES string of the molecule is CC[C@@](C(=O)O)(c1ccccc1)C(c1cccc2ccccc12)c1cccc2ccccc12. The smallest absolute Gasteiger partial charge is 0.315 e. The van der Waals surface area contributed by atoms with Crippen molar-refractivity contribution in [2.45, 2.75) is 24.7 Å². The molecule has 0 bridgehead atoms. The van der Waals surface area contributed by atoms with Crippen LogP contribution in [0, 0.1) is 0 Å². The lowest BCUT2D eigenvalue weighted by molar-refractivity contribution is -0.144. The molecule has 1 N–H and O–H groups in total. The minimum Gasteiger partial charge on any atom is -0.481 e. The Morgan fingerprint density at radius 2 is 1.12 bits per heavy atom. The second kappa shape index (κ2) is 8.55. The van der Waals surface area contributed by atoms with E-state index >= 15 is 0 Å². The van der Waals surface area contributed by atoms with E-state index in [2.05, 4.69) is 48.5 Å². The van der Waals surface area contributed by atoms with E-state index in [1.54, 1.807) is 0 Å². The molecule has 0 aliphatic carbocycles. The molecular weight excluding hydrogens is 404 g/mol. The van der Waals surface area contributed by atoms with E-state index in [1.165, 1.54) is 0 Å². The van der Waals surface area contributed by atoms with E-state index in [0.29, 0.717) is 6.42 Å². The van der Waals surface area contributed by atoms with Crippen molar-refractivity contribution < 1.29 is 9.90 Å². The average molecular weight is 431 g/mol. The fourth-order valence-electron chi connectivity index (χ4n) is 5.41. The zero-order valence-electron chi connectivity index (χ0n) is 18.6. The van der Waals surface area contributed by atoms with Crippen molar-refractivity contribution in [2.75, 3.05) is 0 Å². The van der Waals surface area contributed by atoms with Crippen LogP contribution in [0.4, 0.5) is 0 Å². The van der Waals surface area contributed by atoms with Gasteiger partial charge in [-0.15, -0.1) is 0 Å². The summed E-state index contributed by atoms with van der Waals surface area (Å²) >= 11 is 0. The Hall–Kier alpha value is -3.91. The summed E-state index contributed by atoms with van der Waals surface area (Å²) in [6, 6.07) is 38.7. The van der Waals surface area contributed by atoms with Gasteiger partial charge in [0.1, 0.15) is 5.41 Å². The van der Waals surface area contributed by atoms with Crippen molar-refractivity contribution in [1.82, 2.24) is 0 Å². The number of carboxylic acid groups (broad SMARTS) is 1.